The molecule has 0 saturated heterocycles. The zero-order valence-electron chi connectivity index (χ0n) is 13.7. The topological polar surface area (TPSA) is 84.9 Å². The molecular formula is C18H19N3O3S. The van der Waals surface area contributed by atoms with Crippen LogP contribution in [-0.4, -0.2) is 30.0 Å². The number of hydrogen-bond donors (Lipinski definition) is 1. The molecule has 1 N–H and O–H groups in total. The third-order valence-corrected chi connectivity index (χ3v) is 6.45. The molecule has 130 valence electrons. The summed E-state index contributed by atoms with van der Waals surface area (Å²) < 4.78 is 31.6. The van der Waals surface area contributed by atoms with Crippen molar-refractivity contribution in [2.75, 3.05) is 6.61 Å². The van der Waals surface area contributed by atoms with Crippen LogP contribution in [0, 0.1) is 5.92 Å². The van der Waals surface area contributed by atoms with Crippen LogP contribution in [0.1, 0.15) is 25.7 Å². The Morgan fingerprint density at radius 1 is 1.12 bits per heavy atom. The fraction of sp³-hybridized carbons (Fsp3) is 0.333. The van der Waals surface area contributed by atoms with Gasteiger partial charge in [-0.05, 0) is 30.9 Å². The van der Waals surface area contributed by atoms with Crippen LogP contribution in [0.4, 0.5) is 0 Å². The number of aromatic nitrogens is 3. The molecule has 6 nitrogen and oxygen atoms in total. The van der Waals surface area contributed by atoms with Gasteiger partial charge in [0.2, 0.25) is 15.7 Å². The van der Waals surface area contributed by atoms with Crippen molar-refractivity contribution in [2.45, 2.75) is 35.5 Å². The maximum Gasteiger partial charge on any atom is 0.241 e. The van der Waals surface area contributed by atoms with Crippen LogP contribution in [-0.2, 0) is 9.84 Å². The number of rotatable bonds is 5. The first-order valence-corrected chi connectivity index (χ1v) is 9.89. The highest BCUT2D eigenvalue weighted by Crippen LogP contribution is 2.31. The molecule has 0 bridgehead atoms. The number of nitrogens with zero attached hydrogens (tertiary/aromatic N) is 2. The minimum absolute atomic E-state index is 0.141. The lowest BCUT2D eigenvalue weighted by atomic mass is 10.1. The van der Waals surface area contributed by atoms with Crippen LogP contribution in [0.25, 0.3) is 11.0 Å². The summed E-state index contributed by atoms with van der Waals surface area (Å²) in [6.45, 7) is 0.603. The zero-order valence-corrected chi connectivity index (χ0v) is 14.5. The van der Waals surface area contributed by atoms with Gasteiger partial charge in [-0.3, -0.25) is 0 Å². The lowest BCUT2D eigenvalue weighted by molar-refractivity contribution is 0.246. The first kappa shape index (κ1) is 16.1. The van der Waals surface area contributed by atoms with Gasteiger partial charge in [-0.1, -0.05) is 31.0 Å². The van der Waals surface area contributed by atoms with Crippen LogP contribution in [0.15, 0.2) is 52.6 Å². The third kappa shape index (κ3) is 3.00. The standard InChI is InChI=1S/C18H19N3O3S/c22-25(23,14-8-2-1-3-9-14)15-10-19-17-16(15)20-12-21-18(17)24-11-13-6-4-5-7-13/h1-3,8-10,12-13,19H,4-7,11H2. The molecule has 7 heteroatoms. The van der Waals surface area contributed by atoms with E-state index in [9.17, 15) is 8.42 Å². The highest BCUT2D eigenvalue weighted by atomic mass is 32.2. The summed E-state index contributed by atoms with van der Waals surface area (Å²) in [5, 5.41) is 0. The van der Waals surface area contributed by atoms with Gasteiger partial charge in [0.15, 0.2) is 0 Å². The van der Waals surface area contributed by atoms with E-state index in [1.54, 1.807) is 30.3 Å². The largest absolute Gasteiger partial charge is 0.476 e. The van der Waals surface area contributed by atoms with E-state index in [1.807, 2.05) is 0 Å². The summed E-state index contributed by atoms with van der Waals surface area (Å²) in [5.41, 5.74) is 0.885. The van der Waals surface area contributed by atoms with Crippen LogP contribution in [0.3, 0.4) is 0 Å². The van der Waals surface area contributed by atoms with Crippen molar-refractivity contribution in [1.29, 1.82) is 0 Å². The zero-order chi connectivity index (χ0) is 17.3. The third-order valence-electron chi connectivity index (χ3n) is 4.67. The van der Waals surface area contributed by atoms with Crippen molar-refractivity contribution in [1.82, 2.24) is 15.0 Å². The molecule has 0 spiro atoms. The molecule has 2 aromatic heterocycles. The summed E-state index contributed by atoms with van der Waals surface area (Å²) in [6.07, 6.45) is 7.65. The molecule has 0 unspecified atom stereocenters. The molecule has 1 aliphatic rings. The van der Waals surface area contributed by atoms with E-state index >= 15 is 0 Å². The molecule has 1 saturated carbocycles. The first-order valence-electron chi connectivity index (χ1n) is 8.41. The first-order chi connectivity index (χ1) is 12.2. The molecule has 1 aliphatic carbocycles. The number of ether oxygens (including phenoxy) is 1. The van der Waals surface area contributed by atoms with Gasteiger partial charge in [0.25, 0.3) is 0 Å². The van der Waals surface area contributed by atoms with Gasteiger partial charge in [0, 0.05) is 6.20 Å². The molecule has 2 heterocycles. The van der Waals surface area contributed by atoms with Gasteiger partial charge < -0.3 is 9.72 Å². The lowest BCUT2D eigenvalue weighted by Crippen LogP contribution is -2.09. The molecule has 0 atom stereocenters. The molecule has 1 aromatic carbocycles. The van der Waals surface area contributed by atoms with Gasteiger partial charge in [0.05, 0.1) is 11.5 Å². The average molecular weight is 357 g/mol. The Kier molecular flexibility index (Phi) is 4.17. The molecule has 0 aliphatic heterocycles. The SMILES string of the molecule is O=S(=O)(c1ccccc1)c1c[nH]c2c(OCC3CCCC3)ncnc12. The minimum atomic E-state index is -3.65. The molecular weight excluding hydrogens is 338 g/mol. The molecule has 4 rings (SSSR count). The summed E-state index contributed by atoms with van der Waals surface area (Å²) in [5.74, 6) is 0.957. The maximum atomic E-state index is 12.9. The molecule has 3 aromatic rings. The van der Waals surface area contributed by atoms with Crippen LogP contribution < -0.4 is 4.74 Å². The van der Waals surface area contributed by atoms with E-state index in [-0.39, 0.29) is 9.79 Å². The second kappa shape index (κ2) is 6.48. The second-order valence-corrected chi connectivity index (χ2v) is 8.25. The van der Waals surface area contributed by atoms with Crippen LogP contribution in [0.2, 0.25) is 0 Å². The number of hydrogen-bond acceptors (Lipinski definition) is 5. The molecule has 1 fully saturated rings. The predicted molar refractivity (Wildman–Crippen MR) is 93.2 cm³/mol. The predicted octanol–water partition coefficient (Wildman–Crippen LogP) is 3.36. The van der Waals surface area contributed by atoms with Gasteiger partial charge >= 0.3 is 0 Å². The van der Waals surface area contributed by atoms with E-state index < -0.39 is 9.84 Å². The monoisotopic (exact) mass is 357 g/mol. The molecule has 25 heavy (non-hydrogen) atoms. The number of fused-ring (bicyclic) bond motifs is 1. The number of H-pyrrole nitrogens is 1. The van der Waals surface area contributed by atoms with E-state index in [2.05, 4.69) is 15.0 Å². The number of sulfone groups is 1. The summed E-state index contributed by atoms with van der Waals surface area (Å²) in [6, 6.07) is 8.34. The fourth-order valence-corrected chi connectivity index (χ4v) is 4.70. The lowest BCUT2D eigenvalue weighted by Gasteiger charge is -2.10. The number of nitrogens with one attached hydrogen (secondary N) is 1. The minimum Gasteiger partial charge on any atom is -0.476 e. The second-order valence-electron chi connectivity index (χ2n) is 6.33. The van der Waals surface area contributed by atoms with Crippen molar-refractivity contribution in [3.63, 3.8) is 0 Å². The van der Waals surface area contributed by atoms with E-state index in [4.69, 9.17) is 4.74 Å². The van der Waals surface area contributed by atoms with Crippen LogP contribution in [0.5, 0.6) is 5.88 Å². The Bertz CT molecular complexity index is 977. The Hall–Kier alpha value is -2.41. The normalized spacial score (nSPS) is 15.7. The number of aromatic amines is 1. The smallest absolute Gasteiger partial charge is 0.241 e. The maximum absolute atomic E-state index is 12.9. The van der Waals surface area contributed by atoms with Gasteiger partial charge in [-0.2, -0.15) is 4.98 Å². The fourth-order valence-electron chi connectivity index (χ4n) is 3.31. The van der Waals surface area contributed by atoms with Crippen molar-refractivity contribution >= 4 is 20.9 Å². The summed E-state index contributed by atoms with van der Waals surface area (Å²) in [7, 11) is -3.65. The van der Waals surface area contributed by atoms with Gasteiger partial charge in [-0.15, -0.1) is 0 Å². The quantitative estimate of drug-likeness (QED) is 0.757. The Morgan fingerprint density at radius 3 is 2.64 bits per heavy atom. The highest BCUT2D eigenvalue weighted by molar-refractivity contribution is 7.91. The average Bonchev–Trinajstić information content (AvgIpc) is 3.30. The highest BCUT2D eigenvalue weighted by Gasteiger charge is 2.24. The Balaban J connectivity index is 1.69. The Labute approximate surface area is 146 Å². The molecule has 0 amide bonds. The van der Waals surface area contributed by atoms with Crippen molar-refractivity contribution in [3.8, 4) is 5.88 Å². The van der Waals surface area contributed by atoms with Crippen LogP contribution >= 0.6 is 0 Å². The molecule has 0 radical (unpaired) electrons. The van der Waals surface area contributed by atoms with Crippen molar-refractivity contribution < 1.29 is 13.2 Å². The van der Waals surface area contributed by atoms with E-state index in [1.165, 1.54) is 38.2 Å². The number of benzene rings is 1. The summed E-state index contributed by atoms with van der Waals surface area (Å²) in [4.78, 5) is 11.7. The summed E-state index contributed by atoms with van der Waals surface area (Å²) >= 11 is 0. The van der Waals surface area contributed by atoms with E-state index in [0.717, 1.165) is 0 Å². The Morgan fingerprint density at radius 2 is 1.88 bits per heavy atom. The van der Waals surface area contributed by atoms with Gasteiger partial charge in [0.1, 0.15) is 22.3 Å². The van der Waals surface area contributed by atoms with Gasteiger partial charge in [-0.25, -0.2) is 13.4 Å². The van der Waals surface area contributed by atoms with E-state index in [0.29, 0.717) is 29.4 Å². The van der Waals surface area contributed by atoms with Crippen molar-refractivity contribution in [2.24, 2.45) is 5.92 Å². The van der Waals surface area contributed by atoms with Crippen molar-refractivity contribution in [3.05, 3.63) is 42.9 Å².